The largest absolute Gasteiger partial charge is 0.380 e. The molecule has 1 aliphatic heterocycles. The SMILES string of the molecule is CO[C@H]1C[C@H](c2nc(C)no2)N(Cc2nnsc2Cl)C1. The van der Waals surface area contributed by atoms with E-state index in [1.807, 2.05) is 0 Å². The van der Waals surface area contributed by atoms with Gasteiger partial charge in [-0.3, -0.25) is 4.90 Å². The van der Waals surface area contributed by atoms with E-state index in [1.165, 1.54) is 11.5 Å². The molecule has 0 spiro atoms. The molecule has 9 heteroatoms. The fourth-order valence-corrected chi connectivity index (χ4v) is 3.01. The van der Waals surface area contributed by atoms with Gasteiger partial charge in [-0.15, -0.1) is 5.10 Å². The summed E-state index contributed by atoms with van der Waals surface area (Å²) in [6, 6.07) is 0.0268. The van der Waals surface area contributed by atoms with Crippen LogP contribution in [0.5, 0.6) is 0 Å². The topological polar surface area (TPSA) is 77.2 Å². The third-order valence-corrected chi connectivity index (χ3v) is 4.37. The minimum atomic E-state index is 0.0268. The van der Waals surface area contributed by atoms with Crippen LogP contribution in [0, 0.1) is 6.92 Å². The lowest BCUT2D eigenvalue weighted by Gasteiger charge is -2.19. The van der Waals surface area contributed by atoms with Crippen molar-refractivity contribution in [3.63, 3.8) is 0 Å². The Balaban J connectivity index is 1.81. The van der Waals surface area contributed by atoms with Gasteiger partial charge in [0, 0.05) is 31.7 Å². The van der Waals surface area contributed by atoms with Crippen molar-refractivity contribution in [3.05, 3.63) is 21.7 Å². The van der Waals surface area contributed by atoms with Gasteiger partial charge in [0.25, 0.3) is 0 Å². The molecular weight excluding hydrogens is 302 g/mol. The molecular formula is C11H14ClN5O2S. The normalized spacial score (nSPS) is 23.6. The second kappa shape index (κ2) is 5.72. The van der Waals surface area contributed by atoms with E-state index >= 15 is 0 Å². The van der Waals surface area contributed by atoms with Crippen LogP contribution in [0.4, 0.5) is 0 Å². The first kappa shape index (κ1) is 13.9. The van der Waals surface area contributed by atoms with E-state index < -0.39 is 0 Å². The van der Waals surface area contributed by atoms with E-state index in [9.17, 15) is 0 Å². The van der Waals surface area contributed by atoms with E-state index in [-0.39, 0.29) is 12.1 Å². The molecule has 108 valence electrons. The van der Waals surface area contributed by atoms with Crippen LogP contribution < -0.4 is 0 Å². The first-order valence-electron chi connectivity index (χ1n) is 6.21. The lowest BCUT2D eigenvalue weighted by molar-refractivity contribution is 0.107. The van der Waals surface area contributed by atoms with Gasteiger partial charge in [-0.1, -0.05) is 21.2 Å². The molecule has 0 aromatic carbocycles. The third-order valence-electron chi connectivity index (χ3n) is 3.39. The van der Waals surface area contributed by atoms with Gasteiger partial charge in [-0.25, -0.2) is 0 Å². The molecule has 2 aromatic heterocycles. The Morgan fingerprint density at radius 3 is 3.00 bits per heavy atom. The highest BCUT2D eigenvalue weighted by atomic mass is 35.5. The summed E-state index contributed by atoms with van der Waals surface area (Å²) in [6.07, 6.45) is 0.949. The molecule has 2 aromatic rings. The van der Waals surface area contributed by atoms with Crippen molar-refractivity contribution in [1.29, 1.82) is 0 Å². The smallest absolute Gasteiger partial charge is 0.244 e. The highest BCUT2D eigenvalue weighted by Crippen LogP contribution is 2.34. The van der Waals surface area contributed by atoms with Crippen molar-refractivity contribution in [2.24, 2.45) is 0 Å². The summed E-state index contributed by atoms with van der Waals surface area (Å²) in [5.41, 5.74) is 0.773. The molecule has 1 saturated heterocycles. The standard InChI is InChI=1S/C11H14ClN5O2S/c1-6-13-11(19-15-6)9-3-7(18-2)4-17(9)5-8-10(12)20-16-14-8/h7,9H,3-5H2,1-2H3/t7-,9+/m0/s1. The lowest BCUT2D eigenvalue weighted by atomic mass is 10.2. The number of aryl methyl sites for hydroxylation is 1. The fraction of sp³-hybridized carbons (Fsp3) is 0.636. The summed E-state index contributed by atoms with van der Waals surface area (Å²) in [4.78, 5) is 6.51. The third kappa shape index (κ3) is 2.69. The van der Waals surface area contributed by atoms with Gasteiger partial charge in [0.05, 0.1) is 12.1 Å². The maximum absolute atomic E-state index is 6.07. The predicted octanol–water partition coefficient (Wildman–Crippen LogP) is 1.84. The molecule has 3 rings (SSSR count). The highest BCUT2D eigenvalue weighted by Gasteiger charge is 2.37. The molecule has 0 amide bonds. The molecule has 20 heavy (non-hydrogen) atoms. The van der Waals surface area contributed by atoms with E-state index in [1.54, 1.807) is 14.0 Å². The number of methoxy groups -OCH3 is 1. The molecule has 0 unspecified atom stereocenters. The Bertz CT molecular complexity index is 589. The average Bonchev–Trinajstić information content (AvgIpc) is 3.12. The molecule has 3 heterocycles. The fourth-order valence-electron chi connectivity index (χ4n) is 2.40. The zero-order chi connectivity index (χ0) is 14.1. The van der Waals surface area contributed by atoms with Crippen LogP contribution in [-0.2, 0) is 11.3 Å². The first-order valence-corrected chi connectivity index (χ1v) is 7.36. The van der Waals surface area contributed by atoms with E-state index in [0.29, 0.717) is 22.6 Å². The van der Waals surface area contributed by atoms with Crippen molar-refractivity contribution >= 4 is 23.1 Å². The van der Waals surface area contributed by atoms with Gasteiger partial charge in [-0.05, 0) is 13.3 Å². The Morgan fingerprint density at radius 1 is 1.55 bits per heavy atom. The van der Waals surface area contributed by atoms with Crippen molar-refractivity contribution in [3.8, 4) is 0 Å². The summed E-state index contributed by atoms with van der Waals surface area (Å²) in [5.74, 6) is 1.25. The number of hydrogen-bond donors (Lipinski definition) is 0. The molecule has 0 aliphatic carbocycles. The van der Waals surface area contributed by atoms with Crippen molar-refractivity contribution < 1.29 is 9.26 Å². The summed E-state index contributed by atoms with van der Waals surface area (Å²) in [5, 5.41) is 7.91. The second-order valence-corrected chi connectivity index (χ2v) is 6.07. The molecule has 0 bridgehead atoms. The van der Waals surface area contributed by atoms with Gasteiger partial charge in [0.1, 0.15) is 10.0 Å². The molecule has 7 nitrogen and oxygen atoms in total. The van der Waals surface area contributed by atoms with E-state index in [0.717, 1.165) is 18.7 Å². The van der Waals surface area contributed by atoms with Gasteiger partial charge < -0.3 is 9.26 Å². The first-order chi connectivity index (χ1) is 9.67. The molecule has 1 aliphatic rings. The predicted molar refractivity (Wildman–Crippen MR) is 72.5 cm³/mol. The number of ether oxygens (including phenoxy) is 1. The molecule has 0 radical (unpaired) electrons. The second-order valence-electron chi connectivity index (χ2n) is 4.71. The van der Waals surface area contributed by atoms with E-state index in [2.05, 4.69) is 24.6 Å². The number of hydrogen-bond acceptors (Lipinski definition) is 8. The van der Waals surface area contributed by atoms with Crippen LogP contribution in [-0.4, -0.2) is 44.4 Å². The average molecular weight is 316 g/mol. The van der Waals surface area contributed by atoms with Gasteiger partial charge in [0.15, 0.2) is 5.82 Å². The van der Waals surface area contributed by atoms with Gasteiger partial charge >= 0.3 is 0 Å². The van der Waals surface area contributed by atoms with Crippen molar-refractivity contribution in [2.75, 3.05) is 13.7 Å². The number of halogens is 1. The van der Waals surface area contributed by atoms with Crippen molar-refractivity contribution in [2.45, 2.75) is 32.0 Å². The zero-order valence-corrected chi connectivity index (χ0v) is 12.7. The molecule has 1 fully saturated rings. The Kier molecular flexibility index (Phi) is 3.97. The highest BCUT2D eigenvalue weighted by molar-refractivity contribution is 7.10. The summed E-state index contributed by atoms with van der Waals surface area (Å²) in [7, 11) is 1.71. The quantitative estimate of drug-likeness (QED) is 0.852. The number of likely N-dealkylation sites (tertiary alicyclic amines) is 1. The molecule has 2 atom stereocenters. The monoisotopic (exact) mass is 315 g/mol. The summed E-state index contributed by atoms with van der Waals surface area (Å²) < 4.78 is 15.2. The summed E-state index contributed by atoms with van der Waals surface area (Å²) in [6.45, 7) is 3.18. The number of nitrogens with zero attached hydrogens (tertiary/aromatic N) is 5. The van der Waals surface area contributed by atoms with Crippen LogP contribution in [0.2, 0.25) is 4.34 Å². The Hall–Kier alpha value is -1.09. The zero-order valence-electron chi connectivity index (χ0n) is 11.1. The van der Waals surface area contributed by atoms with Crippen LogP contribution >= 0.6 is 23.1 Å². The molecule has 0 N–H and O–H groups in total. The number of aromatic nitrogens is 4. The minimum absolute atomic E-state index is 0.0268. The number of rotatable bonds is 4. The van der Waals surface area contributed by atoms with Crippen LogP contribution in [0.3, 0.4) is 0 Å². The van der Waals surface area contributed by atoms with Crippen molar-refractivity contribution in [1.82, 2.24) is 24.6 Å². The Labute approximate surface area is 125 Å². The van der Waals surface area contributed by atoms with Gasteiger partial charge in [0.2, 0.25) is 5.89 Å². The maximum Gasteiger partial charge on any atom is 0.244 e. The van der Waals surface area contributed by atoms with Crippen LogP contribution in [0.25, 0.3) is 0 Å². The van der Waals surface area contributed by atoms with E-state index in [4.69, 9.17) is 20.9 Å². The molecule has 0 saturated carbocycles. The Morgan fingerprint density at radius 2 is 2.40 bits per heavy atom. The van der Waals surface area contributed by atoms with Crippen LogP contribution in [0.1, 0.15) is 29.9 Å². The summed E-state index contributed by atoms with van der Waals surface area (Å²) >= 11 is 7.26. The van der Waals surface area contributed by atoms with Gasteiger partial charge in [-0.2, -0.15) is 4.98 Å². The van der Waals surface area contributed by atoms with Crippen LogP contribution in [0.15, 0.2) is 4.52 Å². The minimum Gasteiger partial charge on any atom is -0.380 e. The lowest BCUT2D eigenvalue weighted by Crippen LogP contribution is -2.25. The maximum atomic E-state index is 6.07.